The standard InChI is InChI=1S/C17H20N4O4/c1-2-21-14(18-19-17(21)25)11-7-9-20(10-8-11)15(22)12-3-5-13(6-4-12)16(23)24/h3-6,11H,2,7-10H2,1H3,(H,19,25)(H,23,24). The number of carboxylic acid groups (broad SMARTS) is 1. The molecule has 1 aromatic heterocycles. The summed E-state index contributed by atoms with van der Waals surface area (Å²) in [6.45, 7) is 3.63. The van der Waals surface area contributed by atoms with Crippen LogP contribution in [0.5, 0.6) is 0 Å². The molecule has 25 heavy (non-hydrogen) atoms. The average molecular weight is 344 g/mol. The summed E-state index contributed by atoms with van der Waals surface area (Å²) in [5, 5.41) is 15.5. The second-order valence-electron chi connectivity index (χ2n) is 6.08. The Morgan fingerprint density at radius 3 is 2.36 bits per heavy atom. The van der Waals surface area contributed by atoms with Gasteiger partial charge >= 0.3 is 11.7 Å². The van der Waals surface area contributed by atoms with Crippen LogP contribution in [0.1, 0.15) is 52.2 Å². The molecule has 3 rings (SSSR count). The second-order valence-corrected chi connectivity index (χ2v) is 6.08. The number of amides is 1. The largest absolute Gasteiger partial charge is 0.478 e. The molecule has 0 radical (unpaired) electrons. The van der Waals surface area contributed by atoms with E-state index in [1.807, 2.05) is 6.92 Å². The summed E-state index contributed by atoms with van der Waals surface area (Å²) in [6.07, 6.45) is 1.48. The molecule has 8 heteroatoms. The van der Waals surface area contributed by atoms with Crippen molar-refractivity contribution in [3.63, 3.8) is 0 Å². The zero-order valence-corrected chi connectivity index (χ0v) is 13.9. The van der Waals surface area contributed by atoms with Gasteiger partial charge in [0.25, 0.3) is 5.91 Å². The highest BCUT2D eigenvalue weighted by atomic mass is 16.4. The third kappa shape index (κ3) is 3.33. The number of hydrogen-bond acceptors (Lipinski definition) is 4. The molecule has 2 aromatic rings. The van der Waals surface area contributed by atoms with Crippen LogP contribution < -0.4 is 5.69 Å². The summed E-state index contributed by atoms with van der Waals surface area (Å²) in [6, 6.07) is 5.96. The summed E-state index contributed by atoms with van der Waals surface area (Å²) in [5.41, 5.74) is 0.439. The Morgan fingerprint density at radius 1 is 1.20 bits per heavy atom. The van der Waals surface area contributed by atoms with Gasteiger partial charge in [-0.1, -0.05) is 0 Å². The zero-order valence-electron chi connectivity index (χ0n) is 13.9. The van der Waals surface area contributed by atoms with Crippen molar-refractivity contribution in [2.75, 3.05) is 13.1 Å². The number of nitrogens with one attached hydrogen (secondary N) is 1. The number of aromatic amines is 1. The molecular weight excluding hydrogens is 324 g/mol. The van der Waals surface area contributed by atoms with Crippen molar-refractivity contribution in [2.24, 2.45) is 0 Å². The minimum Gasteiger partial charge on any atom is -0.478 e. The van der Waals surface area contributed by atoms with Crippen LogP contribution in [0.3, 0.4) is 0 Å². The first kappa shape index (κ1) is 16.9. The number of carbonyl (C=O) groups excluding carboxylic acids is 1. The number of carbonyl (C=O) groups is 2. The topological polar surface area (TPSA) is 108 Å². The third-order valence-corrected chi connectivity index (χ3v) is 4.63. The predicted molar refractivity (Wildman–Crippen MR) is 89.8 cm³/mol. The Bertz CT molecular complexity index is 829. The van der Waals surface area contributed by atoms with Crippen LogP contribution >= 0.6 is 0 Å². The van der Waals surface area contributed by atoms with E-state index < -0.39 is 5.97 Å². The van der Waals surface area contributed by atoms with Gasteiger partial charge in [-0.15, -0.1) is 0 Å². The van der Waals surface area contributed by atoms with E-state index in [1.54, 1.807) is 21.6 Å². The second kappa shape index (κ2) is 6.92. The van der Waals surface area contributed by atoms with Gasteiger partial charge in [0.1, 0.15) is 5.82 Å². The van der Waals surface area contributed by atoms with E-state index in [0.29, 0.717) is 25.2 Å². The molecule has 1 fully saturated rings. The normalized spacial score (nSPS) is 15.3. The number of benzene rings is 1. The molecule has 0 spiro atoms. The molecule has 2 N–H and O–H groups in total. The van der Waals surface area contributed by atoms with Crippen LogP contribution in [0.25, 0.3) is 0 Å². The van der Waals surface area contributed by atoms with E-state index in [0.717, 1.165) is 18.7 Å². The van der Waals surface area contributed by atoms with Crippen LogP contribution in [-0.2, 0) is 6.54 Å². The lowest BCUT2D eigenvalue weighted by Crippen LogP contribution is -2.38. The van der Waals surface area contributed by atoms with E-state index in [-0.39, 0.29) is 23.1 Å². The molecule has 1 aliphatic rings. The van der Waals surface area contributed by atoms with Crippen molar-refractivity contribution in [3.05, 3.63) is 51.7 Å². The molecule has 1 amide bonds. The maximum atomic E-state index is 12.6. The summed E-state index contributed by atoms with van der Waals surface area (Å²) in [4.78, 5) is 36.9. The Hall–Kier alpha value is -2.90. The number of aromatic carboxylic acids is 1. The van der Waals surface area contributed by atoms with E-state index in [4.69, 9.17) is 5.11 Å². The molecule has 132 valence electrons. The van der Waals surface area contributed by atoms with Crippen molar-refractivity contribution >= 4 is 11.9 Å². The van der Waals surface area contributed by atoms with Gasteiger partial charge in [-0.3, -0.25) is 9.36 Å². The number of carboxylic acids is 1. The highest BCUT2D eigenvalue weighted by Gasteiger charge is 2.27. The lowest BCUT2D eigenvalue weighted by molar-refractivity contribution is 0.0688. The molecule has 0 saturated carbocycles. The number of nitrogens with zero attached hydrogens (tertiary/aromatic N) is 3. The third-order valence-electron chi connectivity index (χ3n) is 4.63. The fourth-order valence-electron chi connectivity index (χ4n) is 3.23. The molecular formula is C17H20N4O4. The first-order valence-corrected chi connectivity index (χ1v) is 8.29. The van der Waals surface area contributed by atoms with Gasteiger partial charge in [0.15, 0.2) is 0 Å². The Labute approximate surface area is 144 Å². The van der Waals surface area contributed by atoms with Crippen LogP contribution in [0.2, 0.25) is 0 Å². The molecule has 0 aliphatic carbocycles. The average Bonchev–Trinajstić information content (AvgIpc) is 3.02. The van der Waals surface area contributed by atoms with Crippen LogP contribution in [0, 0.1) is 0 Å². The first-order valence-electron chi connectivity index (χ1n) is 8.29. The van der Waals surface area contributed by atoms with Gasteiger partial charge in [0.05, 0.1) is 5.56 Å². The van der Waals surface area contributed by atoms with E-state index in [1.165, 1.54) is 12.1 Å². The van der Waals surface area contributed by atoms with Crippen LogP contribution in [0.15, 0.2) is 29.1 Å². The quantitative estimate of drug-likeness (QED) is 0.869. The van der Waals surface area contributed by atoms with Crippen LogP contribution in [-0.4, -0.2) is 49.7 Å². The molecule has 1 aliphatic heterocycles. The minimum absolute atomic E-state index is 0.106. The molecule has 0 bridgehead atoms. The van der Waals surface area contributed by atoms with Gasteiger partial charge in [-0.05, 0) is 44.0 Å². The van der Waals surface area contributed by atoms with Gasteiger partial charge < -0.3 is 10.0 Å². The van der Waals surface area contributed by atoms with E-state index in [2.05, 4.69) is 10.2 Å². The number of piperidine rings is 1. The zero-order chi connectivity index (χ0) is 18.0. The highest BCUT2D eigenvalue weighted by Crippen LogP contribution is 2.26. The molecule has 0 unspecified atom stereocenters. The number of aromatic nitrogens is 3. The fraction of sp³-hybridized carbons (Fsp3) is 0.412. The molecule has 2 heterocycles. The fourth-order valence-corrected chi connectivity index (χ4v) is 3.23. The van der Waals surface area contributed by atoms with Gasteiger partial charge in [-0.25, -0.2) is 14.7 Å². The smallest absolute Gasteiger partial charge is 0.343 e. The minimum atomic E-state index is -1.01. The van der Waals surface area contributed by atoms with E-state index in [9.17, 15) is 14.4 Å². The SMILES string of the molecule is CCn1c(C2CCN(C(=O)c3ccc(C(=O)O)cc3)CC2)n[nH]c1=O. The lowest BCUT2D eigenvalue weighted by Gasteiger charge is -2.31. The van der Waals surface area contributed by atoms with E-state index >= 15 is 0 Å². The highest BCUT2D eigenvalue weighted by molar-refractivity contribution is 5.96. The van der Waals surface area contributed by atoms with Gasteiger partial charge in [0.2, 0.25) is 0 Å². The first-order chi connectivity index (χ1) is 12.0. The monoisotopic (exact) mass is 344 g/mol. The maximum Gasteiger partial charge on any atom is 0.343 e. The Morgan fingerprint density at radius 2 is 1.80 bits per heavy atom. The Balaban J connectivity index is 1.66. The molecule has 1 saturated heterocycles. The molecule has 0 atom stereocenters. The van der Waals surface area contributed by atoms with Crippen molar-refractivity contribution in [2.45, 2.75) is 32.2 Å². The van der Waals surface area contributed by atoms with Crippen molar-refractivity contribution in [1.82, 2.24) is 19.7 Å². The van der Waals surface area contributed by atoms with Gasteiger partial charge in [0, 0.05) is 31.1 Å². The molecule has 8 nitrogen and oxygen atoms in total. The van der Waals surface area contributed by atoms with Crippen molar-refractivity contribution < 1.29 is 14.7 Å². The summed E-state index contributed by atoms with van der Waals surface area (Å²) in [5.74, 6) is -0.214. The van der Waals surface area contributed by atoms with Crippen LogP contribution in [0.4, 0.5) is 0 Å². The number of H-pyrrole nitrogens is 1. The number of hydrogen-bond donors (Lipinski definition) is 2. The summed E-state index contributed by atoms with van der Waals surface area (Å²) >= 11 is 0. The van der Waals surface area contributed by atoms with Crippen molar-refractivity contribution in [3.8, 4) is 0 Å². The number of likely N-dealkylation sites (tertiary alicyclic amines) is 1. The number of rotatable bonds is 4. The summed E-state index contributed by atoms with van der Waals surface area (Å²) in [7, 11) is 0. The lowest BCUT2D eigenvalue weighted by atomic mass is 9.95. The summed E-state index contributed by atoms with van der Waals surface area (Å²) < 4.78 is 1.63. The Kier molecular flexibility index (Phi) is 4.69. The van der Waals surface area contributed by atoms with Crippen molar-refractivity contribution in [1.29, 1.82) is 0 Å². The van der Waals surface area contributed by atoms with Gasteiger partial charge in [-0.2, -0.15) is 5.10 Å². The predicted octanol–water partition coefficient (Wildman–Crippen LogP) is 1.31. The molecule has 1 aromatic carbocycles. The maximum absolute atomic E-state index is 12.6.